The van der Waals surface area contributed by atoms with Gasteiger partial charge >= 0.3 is 0 Å². The molecule has 0 unspecified atom stereocenters. The van der Waals surface area contributed by atoms with E-state index < -0.39 is 0 Å². The van der Waals surface area contributed by atoms with Gasteiger partial charge in [-0.3, -0.25) is 4.79 Å². The number of hydrogen-bond donors (Lipinski definition) is 1. The maximum atomic E-state index is 11.9. The number of halogens is 3. The second-order valence-corrected chi connectivity index (χ2v) is 4.51. The van der Waals surface area contributed by atoms with E-state index in [1.165, 1.54) is 0 Å². The Balaban J connectivity index is 0.00000128. The van der Waals surface area contributed by atoms with Crippen molar-refractivity contribution in [1.82, 2.24) is 15.2 Å². The van der Waals surface area contributed by atoms with E-state index in [1.54, 1.807) is 17.2 Å². The Labute approximate surface area is 121 Å². The summed E-state index contributed by atoms with van der Waals surface area (Å²) < 4.78 is 0.881. The fraction of sp³-hybridized carbons (Fsp3) is 0.400. The standard InChI is InChI=1S/C10H12BrN3O.2ClH/c1-14(8-5-12-6-8)10(15)9-3-2-7(11)4-13-9;;/h2-4,8,12H,5-6H2,1H3;2*1H. The largest absolute Gasteiger partial charge is 0.335 e. The molecule has 17 heavy (non-hydrogen) atoms. The van der Waals surface area contributed by atoms with Gasteiger partial charge in [0.1, 0.15) is 5.69 Å². The van der Waals surface area contributed by atoms with E-state index in [1.807, 2.05) is 13.1 Å². The van der Waals surface area contributed by atoms with Crippen molar-refractivity contribution < 1.29 is 4.79 Å². The van der Waals surface area contributed by atoms with Gasteiger partial charge in [-0.15, -0.1) is 24.8 Å². The van der Waals surface area contributed by atoms with Crippen LogP contribution < -0.4 is 5.32 Å². The molecule has 1 saturated heterocycles. The summed E-state index contributed by atoms with van der Waals surface area (Å²) in [5.74, 6) is -0.0194. The molecule has 7 heteroatoms. The maximum absolute atomic E-state index is 11.9. The van der Waals surface area contributed by atoms with Crippen LogP contribution in [0.4, 0.5) is 0 Å². The molecule has 1 N–H and O–H groups in total. The number of nitrogens with one attached hydrogen (secondary N) is 1. The first kappa shape index (κ1) is 16.6. The molecular weight excluding hydrogens is 329 g/mol. The molecule has 0 aromatic carbocycles. The van der Waals surface area contributed by atoms with Gasteiger partial charge in [-0.1, -0.05) is 0 Å². The summed E-state index contributed by atoms with van der Waals surface area (Å²) in [5.41, 5.74) is 0.493. The van der Waals surface area contributed by atoms with E-state index in [2.05, 4.69) is 26.2 Å². The third kappa shape index (κ3) is 3.81. The highest BCUT2D eigenvalue weighted by atomic mass is 79.9. The van der Waals surface area contributed by atoms with Crippen LogP contribution in [0, 0.1) is 0 Å². The predicted octanol–water partition coefficient (Wildman–Crippen LogP) is 1.73. The normalized spacial score (nSPS) is 14.0. The monoisotopic (exact) mass is 341 g/mol. The Hall–Kier alpha value is -0.360. The summed E-state index contributed by atoms with van der Waals surface area (Å²) in [4.78, 5) is 17.7. The minimum absolute atomic E-state index is 0. The Kier molecular flexibility index (Phi) is 7.01. The first-order valence-corrected chi connectivity index (χ1v) is 5.57. The van der Waals surface area contributed by atoms with Gasteiger partial charge in [0.05, 0.1) is 6.04 Å². The quantitative estimate of drug-likeness (QED) is 0.890. The van der Waals surface area contributed by atoms with Crippen LogP contribution in [0.3, 0.4) is 0 Å². The number of aromatic nitrogens is 1. The number of amides is 1. The van der Waals surface area contributed by atoms with E-state index in [0.29, 0.717) is 11.7 Å². The van der Waals surface area contributed by atoms with Crippen molar-refractivity contribution in [3.8, 4) is 0 Å². The highest BCUT2D eigenvalue weighted by Gasteiger charge is 2.26. The molecule has 0 atom stereocenters. The highest BCUT2D eigenvalue weighted by molar-refractivity contribution is 9.10. The number of nitrogens with zero attached hydrogens (tertiary/aromatic N) is 2. The van der Waals surface area contributed by atoms with E-state index in [9.17, 15) is 4.79 Å². The number of carbonyl (C=O) groups excluding carboxylic acids is 1. The molecule has 0 radical (unpaired) electrons. The van der Waals surface area contributed by atoms with Crippen molar-refractivity contribution in [3.05, 3.63) is 28.5 Å². The van der Waals surface area contributed by atoms with Gasteiger partial charge in [-0.05, 0) is 28.1 Å². The molecule has 4 nitrogen and oxygen atoms in total. The van der Waals surface area contributed by atoms with Crippen LogP contribution in [-0.4, -0.2) is 42.0 Å². The zero-order chi connectivity index (χ0) is 10.8. The molecule has 1 aliphatic heterocycles. The van der Waals surface area contributed by atoms with Crippen LogP contribution in [0.2, 0.25) is 0 Å². The molecule has 2 heterocycles. The molecule has 0 saturated carbocycles. The average Bonchev–Trinajstić information content (AvgIpc) is 2.15. The van der Waals surface area contributed by atoms with Crippen molar-refractivity contribution in [2.24, 2.45) is 0 Å². The summed E-state index contributed by atoms with van der Waals surface area (Å²) in [6.45, 7) is 1.75. The lowest BCUT2D eigenvalue weighted by molar-refractivity contribution is 0.0675. The van der Waals surface area contributed by atoms with Crippen LogP contribution in [-0.2, 0) is 0 Å². The Morgan fingerprint density at radius 1 is 1.47 bits per heavy atom. The Morgan fingerprint density at radius 3 is 2.53 bits per heavy atom. The van der Waals surface area contributed by atoms with Crippen molar-refractivity contribution in [3.63, 3.8) is 0 Å². The van der Waals surface area contributed by atoms with Crippen molar-refractivity contribution >= 4 is 46.7 Å². The molecule has 1 aliphatic rings. The zero-order valence-corrected chi connectivity index (χ0v) is 12.4. The lowest BCUT2D eigenvalue weighted by Gasteiger charge is -2.35. The molecule has 1 aromatic heterocycles. The van der Waals surface area contributed by atoms with Gasteiger partial charge in [-0.25, -0.2) is 4.98 Å². The van der Waals surface area contributed by atoms with Crippen molar-refractivity contribution in [1.29, 1.82) is 0 Å². The lowest BCUT2D eigenvalue weighted by Crippen LogP contribution is -2.57. The smallest absolute Gasteiger partial charge is 0.272 e. The molecule has 0 spiro atoms. The third-order valence-electron chi connectivity index (χ3n) is 2.57. The zero-order valence-electron chi connectivity index (χ0n) is 9.22. The van der Waals surface area contributed by atoms with Gasteiger partial charge in [-0.2, -0.15) is 0 Å². The van der Waals surface area contributed by atoms with Gasteiger partial charge in [0.15, 0.2) is 0 Å². The van der Waals surface area contributed by atoms with Crippen molar-refractivity contribution in [2.75, 3.05) is 20.1 Å². The molecular formula is C10H14BrCl2N3O. The molecule has 1 aromatic rings. The summed E-state index contributed by atoms with van der Waals surface area (Å²) in [6.07, 6.45) is 1.64. The second kappa shape index (κ2) is 7.16. The van der Waals surface area contributed by atoms with Gasteiger partial charge in [0.25, 0.3) is 5.91 Å². The maximum Gasteiger partial charge on any atom is 0.272 e. The number of pyridine rings is 1. The number of hydrogen-bond acceptors (Lipinski definition) is 3. The van der Waals surface area contributed by atoms with E-state index in [4.69, 9.17) is 0 Å². The number of likely N-dealkylation sites (N-methyl/N-ethyl adjacent to an activating group) is 1. The molecule has 96 valence electrons. The number of carbonyl (C=O) groups is 1. The number of rotatable bonds is 2. The minimum atomic E-state index is -0.0194. The van der Waals surface area contributed by atoms with Gasteiger partial charge in [0.2, 0.25) is 0 Å². The molecule has 0 aliphatic carbocycles. The molecule has 1 fully saturated rings. The summed E-state index contributed by atoms with van der Waals surface area (Å²) >= 11 is 3.29. The highest BCUT2D eigenvalue weighted by Crippen LogP contribution is 2.11. The first-order chi connectivity index (χ1) is 7.18. The third-order valence-corrected chi connectivity index (χ3v) is 3.04. The van der Waals surface area contributed by atoms with Crippen LogP contribution in [0.1, 0.15) is 10.5 Å². The van der Waals surface area contributed by atoms with E-state index in [0.717, 1.165) is 17.6 Å². The Bertz CT molecular complexity index is 370. The summed E-state index contributed by atoms with van der Waals surface area (Å²) in [7, 11) is 1.82. The van der Waals surface area contributed by atoms with Gasteiger partial charge < -0.3 is 10.2 Å². The molecule has 2 rings (SSSR count). The fourth-order valence-electron chi connectivity index (χ4n) is 1.40. The fourth-order valence-corrected chi connectivity index (χ4v) is 1.63. The average molecular weight is 343 g/mol. The molecule has 0 bridgehead atoms. The predicted molar refractivity (Wildman–Crippen MR) is 75.2 cm³/mol. The summed E-state index contributed by atoms with van der Waals surface area (Å²) in [6, 6.07) is 3.87. The van der Waals surface area contributed by atoms with Crippen LogP contribution >= 0.6 is 40.7 Å². The Morgan fingerprint density at radius 2 is 2.12 bits per heavy atom. The second-order valence-electron chi connectivity index (χ2n) is 3.59. The lowest BCUT2D eigenvalue weighted by atomic mass is 10.1. The van der Waals surface area contributed by atoms with E-state index >= 15 is 0 Å². The minimum Gasteiger partial charge on any atom is -0.335 e. The van der Waals surface area contributed by atoms with Crippen LogP contribution in [0.15, 0.2) is 22.8 Å². The topological polar surface area (TPSA) is 45.2 Å². The van der Waals surface area contributed by atoms with Gasteiger partial charge in [0, 0.05) is 30.8 Å². The molecule has 1 amide bonds. The van der Waals surface area contributed by atoms with E-state index in [-0.39, 0.29) is 30.7 Å². The SMILES string of the molecule is CN(C(=O)c1ccc(Br)cn1)C1CNC1.Cl.Cl. The first-order valence-electron chi connectivity index (χ1n) is 4.78. The van der Waals surface area contributed by atoms with Crippen LogP contribution in [0.25, 0.3) is 0 Å². The van der Waals surface area contributed by atoms with Crippen molar-refractivity contribution in [2.45, 2.75) is 6.04 Å². The summed E-state index contributed by atoms with van der Waals surface area (Å²) in [5, 5.41) is 3.14. The van der Waals surface area contributed by atoms with Crippen LogP contribution in [0.5, 0.6) is 0 Å².